The molecule has 0 atom stereocenters. The third-order valence-corrected chi connectivity index (χ3v) is 4.53. The van der Waals surface area contributed by atoms with Crippen molar-refractivity contribution in [3.63, 3.8) is 0 Å². The predicted octanol–water partition coefficient (Wildman–Crippen LogP) is 3.93. The molecule has 0 aliphatic heterocycles. The van der Waals surface area contributed by atoms with Crippen molar-refractivity contribution in [2.24, 2.45) is 0 Å². The monoisotopic (exact) mass is 326 g/mol. The van der Waals surface area contributed by atoms with Gasteiger partial charge in [0.15, 0.2) is 0 Å². The minimum Gasteiger partial charge on any atom is -0.432 e. The Morgan fingerprint density at radius 3 is 2.42 bits per heavy atom. The maximum atomic E-state index is 13.2. The van der Waals surface area contributed by atoms with Crippen LogP contribution >= 0.6 is 0 Å². The Morgan fingerprint density at radius 1 is 1.12 bits per heavy atom. The zero-order valence-corrected chi connectivity index (χ0v) is 14.3. The highest BCUT2D eigenvalue weighted by atomic mass is 19.1. The summed E-state index contributed by atoms with van der Waals surface area (Å²) in [4.78, 5) is 4.31. The molecule has 5 heteroatoms. The van der Waals surface area contributed by atoms with Gasteiger partial charge in [-0.05, 0) is 68.6 Å². The van der Waals surface area contributed by atoms with Crippen LogP contribution in [0.2, 0.25) is 6.82 Å². The van der Waals surface area contributed by atoms with E-state index in [2.05, 4.69) is 36.1 Å². The molecule has 0 radical (unpaired) electrons. The molecule has 1 saturated carbocycles. The normalized spacial score (nSPS) is 13.7. The molecule has 3 rings (SSSR count). The number of halogens is 1. The highest BCUT2D eigenvalue weighted by Crippen LogP contribution is 2.32. The molecule has 0 aromatic heterocycles. The zero-order valence-electron chi connectivity index (χ0n) is 14.3. The molecule has 1 aliphatic carbocycles. The Hall–Kier alpha value is -2.01. The third kappa shape index (κ3) is 3.90. The minimum atomic E-state index is -0.648. The first kappa shape index (κ1) is 16.8. The van der Waals surface area contributed by atoms with Crippen molar-refractivity contribution in [1.82, 2.24) is 0 Å². The van der Waals surface area contributed by atoms with Crippen LogP contribution in [0.3, 0.4) is 0 Å². The van der Waals surface area contributed by atoms with Crippen LogP contribution in [0.1, 0.15) is 25.3 Å². The minimum absolute atomic E-state index is 0.269. The molecule has 3 nitrogen and oxygen atoms in total. The first-order valence-corrected chi connectivity index (χ1v) is 8.64. The van der Waals surface area contributed by atoms with Crippen LogP contribution in [0.25, 0.3) is 0 Å². The van der Waals surface area contributed by atoms with Crippen LogP contribution in [0.5, 0.6) is 0 Å². The van der Waals surface area contributed by atoms with Gasteiger partial charge in [0, 0.05) is 30.5 Å². The van der Waals surface area contributed by atoms with Crippen LogP contribution in [0, 0.1) is 5.82 Å². The van der Waals surface area contributed by atoms with Gasteiger partial charge in [0.25, 0.3) is 0 Å². The van der Waals surface area contributed by atoms with Gasteiger partial charge < -0.3 is 14.7 Å². The second kappa shape index (κ2) is 7.26. The number of rotatable bonds is 7. The van der Waals surface area contributed by atoms with E-state index < -0.39 is 7.05 Å². The summed E-state index contributed by atoms with van der Waals surface area (Å²) in [5.74, 6) is -0.269. The summed E-state index contributed by atoms with van der Waals surface area (Å²) in [7, 11) is -0.648. The van der Waals surface area contributed by atoms with Gasteiger partial charge in [0.05, 0.1) is 0 Å². The Labute approximate surface area is 143 Å². The van der Waals surface area contributed by atoms with E-state index >= 15 is 0 Å². The average Bonchev–Trinajstić information content (AvgIpc) is 3.39. The van der Waals surface area contributed by atoms with Crippen molar-refractivity contribution in [2.75, 3.05) is 16.3 Å². The molecule has 0 saturated heterocycles. The van der Waals surface area contributed by atoms with Crippen LogP contribution in [0.15, 0.2) is 48.5 Å². The Kier molecular flexibility index (Phi) is 5.10. The second-order valence-electron chi connectivity index (χ2n) is 6.42. The van der Waals surface area contributed by atoms with E-state index in [1.165, 1.54) is 30.7 Å². The molecule has 0 spiro atoms. The predicted molar refractivity (Wildman–Crippen MR) is 98.9 cm³/mol. The van der Waals surface area contributed by atoms with E-state index in [1.807, 2.05) is 4.81 Å². The average molecular weight is 326 g/mol. The van der Waals surface area contributed by atoms with Crippen molar-refractivity contribution in [2.45, 2.75) is 39.2 Å². The van der Waals surface area contributed by atoms with Crippen LogP contribution < -0.4 is 9.71 Å². The quantitative estimate of drug-likeness (QED) is 0.781. The van der Waals surface area contributed by atoms with Crippen molar-refractivity contribution >= 4 is 18.4 Å². The van der Waals surface area contributed by atoms with E-state index in [-0.39, 0.29) is 5.82 Å². The molecular formula is C19H24BFN2O. The second-order valence-corrected chi connectivity index (χ2v) is 6.42. The molecule has 0 heterocycles. The highest BCUT2D eigenvalue weighted by molar-refractivity contribution is 6.53. The van der Waals surface area contributed by atoms with Crippen molar-refractivity contribution < 1.29 is 9.41 Å². The molecule has 1 aliphatic rings. The van der Waals surface area contributed by atoms with E-state index in [0.717, 1.165) is 17.8 Å². The molecule has 0 unspecified atom stereocenters. The first-order valence-electron chi connectivity index (χ1n) is 8.64. The summed E-state index contributed by atoms with van der Waals surface area (Å²) in [6.07, 6.45) is 2.54. The molecule has 126 valence electrons. The topological polar surface area (TPSA) is 26.7 Å². The largest absolute Gasteiger partial charge is 0.432 e. The van der Waals surface area contributed by atoms with Gasteiger partial charge in [-0.15, -0.1) is 0 Å². The molecule has 0 bridgehead atoms. The standard InChI is InChI=1S/C19H24BFN2O/c1-3-22(17-11-12-17)19-6-4-5-15(13-19)14-23(20(2)24)18-9-7-16(21)8-10-18/h4-10,13,17,24H,3,11-12,14H2,1-2H3. The van der Waals surface area contributed by atoms with E-state index in [9.17, 15) is 9.41 Å². The molecule has 1 N–H and O–H groups in total. The summed E-state index contributed by atoms with van der Waals surface area (Å²) in [6.45, 7) is 5.51. The van der Waals surface area contributed by atoms with Gasteiger partial charge >= 0.3 is 7.05 Å². The smallest absolute Gasteiger partial charge is 0.409 e. The fourth-order valence-corrected chi connectivity index (χ4v) is 3.14. The molecule has 24 heavy (non-hydrogen) atoms. The summed E-state index contributed by atoms with van der Waals surface area (Å²) < 4.78 is 13.2. The zero-order chi connectivity index (χ0) is 17.1. The highest BCUT2D eigenvalue weighted by Gasteiger charge is 2.28. The molecule has 2 aromatic rings. The molecule has 0 amide bonds. The van der Waals surface area contributed by atoms with Crippen LogP contribution in [-0.2, 0) is 6.54 Å². The van der Waals surface area contributed by atoms with Gasteiger partial charge in [0.2, 0.25) is 0 Å². The van der Waals surface area contributed by atoms with E-state index in [4.69, 9.17) is 0 Å². The number of nitrogens with zero attached hydrogens (tertiary/aromatic N) is 2. The Bertz CT molecular complexity index is 673. The summed E-state index contributed by atoms with van der Waals surface area (Å²) in [5, 5.41) is 10.1. The fourth-order valence-electron chi connectivity index (χ4n) is 3.14. The number of anilines is 2. The van der Waals surface area contributed by atoms with Crippen molar-refractivity contribution in [3.05, 3.63) is 59.9 Å². The van der Waals surface area contributed by atoms with Crippen LogP contribution in [-0.4, -0.2) is 24.7 Å². The maximum absolute atomic E-state index is 13.2. The number of hydrogen-bond donors (Lipinski definition) is 1. The first-order chi connectivity index (χ1) is 11.6. The van der Waals surface area contributed by atoms with Crippen molar-refractivity contribution in [1.29, 1.82) is 0 Å². The Balaban J connectivity index is 1.81. The van der Waals surface area contributed by atoms with Gasteiger partial charge in [-0.1, -0.05) is 12.1 Å². The lowest BCUT2D eigenvalue weighted by Gasteiger charge is -2.27. The van der Waals surface area contributed by atoms with Crippen LogP contribution in [0.4, 0.5) is 15.8 Å². The lowest BCUT2D eigenvalue weighted by molar-refractivity contribution is 0.568. The summed E-state index contributed by atoms with van der Waals surface area (Å²) in [6, 6.07) is 15.4. The SMILES string of the molecule is CCN(c1cccc(CN(B(C)O)c2ccc(F)cc2)c1)C1CC1. The summed E-state index contributed by atoms with van der Waals surface area (Å²) >= 11 is 0. The molecule has 1 fully saturated rings. The fraction of sp³-hybridized carbons (Fsp3) is 0.368. The molecular weight excluding hydrogens is 302 g/mol. The van der Waals surface area contributed by atoms with Gasteiger partial charge in [-0.3, -0.25) is 0 Å². The number of benzene rings is 2. The maximum Gasteiger partial charge on any atom is 0.409 e. The lowest BCUT2D eigenvalue weighted by atomic mass is 9.83. The van der Waals surface area contributed by atoms with E-state index in [0.29, 0.717) is 12.6 Å². The summed E-state index contributed by atoms with van der Waals surface area (Å²) in [5.41, 5.74) is 3.19. The lowest BCUT2D eigenvalue weighted by Crippen LogP contribution is -2.36. The van der Waals surface area contributed by atoms with Gasteiger partial charge in [0.1, 0.15) is 5.82 Å². The van der Waals surface area contributed by atoms with E-state index in [1.54, 1.807) is 19.0 Å². The molecule has 2 aromatic carbocycles. The third-order valence-electron chi connectivity index (χ3n) is 4.53. The van der Waals surface area contributed by atoms with Crippen molar-refractivity contribution in [3.8, 4) is 0 Å². The number of hydrogen-bond acceptors (Lipinski definition) is 3. The van der Waals surface area contributed by atoms with Gasteiger partial charge in [-0.2, -0.15) is 0 Å². The van der Waals surface area contributed by atoms with Gasteiger partial charge in [-0.25, -0.2) is 4.39 Å². The Morgan fingerprint density at radius 2 is 1.83 bits per heavy atom.